The molecule has 0 saturated heterocycles. The van der Waals surface area contributed by atoms with E-state index >= 15 is 0 Å². The first kappa shape index (κ1) is 36.4. The number of amides is 2. The Kier molecular flexibility index (Phi) is 12.5. The van der Waals surface area contributed by atoms with Crippen LogP contribution in [0, 0.1) is 33.5 Å². The molecule has 43 heavy (non-hydrogen) atoms. The Morgan fingerprint density at radius 1 is 0.837 bits per heavy atom. The maximum Gasteiger partial charge on any atom is 0.223 e. The molecule has 0 radical (unpaired) electrons. The van der Waals surface area contributed by atoms with Gasteiger partial charge in [0.05, 0.1) is 11.9 Å². The first-order chi connectivity index (χ1) is 19.7. The number of carbonyl (C=O) groups is 2. The quantitative estimate of drug-likeness (QED) is 0.210. The average Bonchev–Trinajstić information content (AvgIpc) is 3.35. The summed E-state index contributed by atoms with van der Waals surface area (Å²) in [6.07, 6.45) is 8.02. The Hall–Kier alpha value is -2.77. The van der Waals surface area contributed by atoms with E-state index in [0.717, 1.165) is 43.6 Å². The van der Waals surface area contributed by atoms with Crippen molar-refractivity contribution in [3.63, 3.8) is 0 Å². The summed E-state index contributed by atoms with van der Waals surface area (Å²) in [6, 6.07) is 5.84. The number of nitrogens with one attached hydrogen (secondary N) is 2. The number of aryl methyl sites for hydroxylation is 1. The van der Waals surface area contributed by atoms with Crippen molar-refractivity contribution in [1.82, 2.24) is 30.6 Å². The zero-order chi connectivity index (χ0) is 32.6. The van der Waals surface area contributed by atoms with Crippen LogP contribution in [0.15, 0.2) is 30.6 Å². The lowest BCUT2D eigenvalue weighted by atomic mass is 9.54. The van der Waals surface area contributed by atoms with Crippen molar-refractivity contribution in [2.45, 2.75) is 128 Å². The fourth-order valence-corrected chi connectivity index (χ4v) is 5.66. The molecule has 2 heterocycles. The third kappa shape index (κ3) is 11.0. The Morgan fingerprint density at radius 3 is 2.07 bits per heavy atom. The molecule has 0 aliphatic rings. The predicted octanol–water partition coefficient (Wildman–Crippen LogP) is 7.31. The zero-order valence-electron chi connectivity index (χ0n) is 29.2. The van der Waals surface area contributed by atoms with E-state index in [1.54, 1.807) is 6.20 Å². The second-order valence-electron chi connectivity index (χ2n) is 16.1. The van der Waals surface area contributed by atoms with E-state index in [1.807, 2.05) is 42.9 Å². The second-order valence-corrected chi connectivity index (χ2v) is 16.1. The van der Waals surface area contributed by atoms with Gasteiger partial charge in [-0.3, -0.25) is 19.3 Å². The van der Waals surface area contributed by atoms with Crippen molar-refractivity contribution >= 4 is 11.8 Å². The van der Waals surface area contributed by atoms with Gasteiger partial charge < -0.3 is 10.6 Å². The van der Waals surface area contributed by atoms with E-state index < -0.39 is 0 Å². The molecule has 0 aliphatic heterocycles. The van der Waals surface area contributed by atoms with Crippen LogP contribution < -0.4 is 10.6 Å². The lowest BCUT2D eigenvalue weighted by Gasteiger charge is -2.50. The molecule has 0 spiro atoms. The summed E-state index contributed by atoms with van der Waals surface area (Å²) >= 11 is 0. The molecular weight excluding hydrogens is 536 g/mol. The van der Waals surface area contributed by atoms with Crippen LogP contribution in [-0.2, 0) is 16.1 Å². The van der Waals surface area contributed by atoms with E-state index in [4.69, 9.17) is 0 Å². The molecule has 2 amide bonds. The first-order valence-electron chi connectivity index (χ1n) is 16.1. The summed E-state index contributed by atoms with van der Waals surface area (Å²) in [6.45, 7) is 27.4. The van der Waals surface area contributed by atoms with Crippen LogP contribution in [0.4, 0.5) is 0 Å². The molecule has 0 fully saturated rings. The maximum absolute atomic E-state index is 13.6. The van der Waals surface area contributed by atoms with Crippen LogP contribution in [0.1, 0.15) is 115 Å². The molecular formula is C35H60N6O2. The topological polar surface area (TPSA) is 102 Å². The fraction of sp³-hybridized carbons (Fsp3) is 0.743. The number of unbranched alkanes of at least 4 members (excludes halogenated alkanes) is 2. The van der Waals surface area contributed by atoms with Gasteiger partial charge in [-0.25, -0.2) is 0 Å². The van der Waals surface area contributed by atoms with Crippen LogP contribution in [-0.4, -0.2) is 44.4 Å². The van der Waals surface area contributed by atoms with Gasteiger partial charge in [0.25, 0.3) is 0 Å². The summed E-state index contributed by atoms with van der Waals surface area (Å²) < 4.78 is 1.86. The summed E-state index contributed by atoms with van der Waals surface area (Å²) in [5.41, 5.74) is 0.787. The Bertz CT molecular complexity index is 1150. The first-order valence-corrected chi connectivity index (χ1v) is 16.1. The highest BCUT2D eigenvalue weighted by Crippen LogP contribution is 2.53. The van der Waals surface area contributed by atoms with Gasteiger partial charge in [-0.2, -0.15) is 0 Å². The van der Waals surface area contributed by atoms with Gasteiger partial charge in [-0.15, -0.1) is 5.10 Å². The highest BCUT2D eigenvalue weighted by Gasteiger charge is 2.50. The number of aromatic nitrogens is 4. The van der Waals surface area contributed by atoms with Crippen molar-refractivity contribution in [3.05, 3.63) is 30.6 Å². The van der Waals surface area contributed by atoms with Gasteiger partial charge in [0.15, 0.2) is 0 Å². The number of pyridine rings is 1. The Labute approximate surface area is 261 Å². The number of hydrogen-bond donors (Lipinski definition) is 2. The average molecular weight is 597 g/mol. The second kappa shape index (κ2) is 14.8. The largest absolute Gasteiger partial charge is 0.356 e. The maximum atomic E-state index is 13.6. The number of nitrogens with zero attached hydrogens (tertiary/aromatic N) is 4. The van der Waals surface area contributed by atoms with Crippen LogP contribution >= 0.6 is 0 Å². The summed E-state index contributed by atoms with van der Waals surface area (Å²) in [4.78, 5) is 31.5. The summed E-state index contributed by atoms with van der Waals surface area (Å²) in [7, 11) is 0. The molecule has 2 N–H and O–H groups in total. The van der Waals surface area contributed by atoms with Crippen molar-refractivity contribution < 1.29 is 9.59 Å². The minimum absolute atomic E-state index is 0.00244. The lowest BCUT2D eigenvalue weighted by Crippen LogP contribution is -2.51. The third-order valence-electron chi connectivity index (χ3n) is 9.08. The number of carbonyl (C=O) groups excluding carboxylic acids is 2. The van der Waals surface area contributed by atoms with Gasteiger partial charge in [0, 0.05) is 37.2 Å². The SMILES string of the molecule is CC(C)NC(=O)C(CC(C)(C)C)C(C)(C)C(C)(C)CC(C(=O)NCCCCCn1cc(-c2ccccn2)nn1)C(C)(C)C. The van der Waals surface area contributed by atoms with Gasteiger partial charge in [-0.1, -0.05) is 80.5 Å². The highest BCUT2D eigenvalue weighted by molar-refractivity contribution is 5.80. The van der Waals surface area contributed by atoms with Crippen LogP contribution in [0.25, 0.3) is 11.4 Å². The van der Waals surface area contributed by atoms with E-state index in [-0.39, 0.29) is 51.4 Å². The normalized spacial score (nSPS) is 14.4. The van der Waals surface area contributed by atoms with E-state index in [0.29, 0.717) is 13.0 Å². The molecule has 2 rings (SSSR count). The van der Waals surface area contributed by atoms with Gasteiger partial charge in [0.1, 0.15) is 5.69 Å². The summed E-state index contributed by atoms with van der Waals surface area (Å²) in [5, 5.41) is 14.9. The standard InChI is InChI=1S/C35H60N6O2/c1-25(2)38-31(43)27(22-32(3,4)5)35(11,12)34(9,10)23-26(33(6,7)8)30(42)37-20-15-13-17-21-41-24-29(39-40-41)28-18-14-16-19-36-28/h14,16,18-19,24-27H,13,15,17,20-23H2,1-12H3,(H,37,42)(H,38,43). The molecule has 0 bridgehead atoms. The molecule has 242 valence electrons. The predicted molar refractivity (Wildman–Crippen MR) is 176 cm³/mol. The zero-order valence-corrected chi connectivity index (χ0v) is 29.2. The fourth-order valence-electron chi connectivity index (χ4n) is 5.66. The molecule has 8 heteroatoms. The molecule has 8 nitrogen and oxygen atoms in total. The Morgan fingerprint density at radius 2 is 1.51 bits per heavy atom. The highest BCUT2D eigenvalue weighted by atomic mass is 16.2. The summed E-state index contributed by atoms with van der Waals surface area (Å²) in [5.74, 6) is -0.130. The van der Waals surface area contributed by atoms with Gasteiger partial charge >= 0.3 is 0 Å². The van der Waals surface area contributed by atoms with Gasteiger partial charge in [0.2, 0.25) is 11.8 Å². The molecule has 0 aliphatic carbocycles. The third-order valence-corrected chi connectivity index (χ3v) is 9.08. The van der Waals surface area contributed by atoms with Crippen LogP contribution in [0.3, 0.4) is 0 Å². The smallest absolute Gasteiger partial charge is 0.223 e. The van der Waals surface area contributed by atoms with Crippen molar-refractivity contribution in [2.75, 3.05) is 6.54 Å². The lowest BCUT2D eigenvalue weighted by molar-refractivity contribution is -0.138. The monoisotopic (exact) mass is 596 g/mol. The molecule has 2 aromatic rings. The van der Waals surface area contributed by atoms with Crippen molar-refractivity contribution in [2.24, 2.45) is 33.5 Å². The van der Waals surface area contributed by atoms with E-state index in [2.05, 4.69) is 95.2 Å². The number of rotatable bonds is 15. The van der Waals surface area contributed by atoms with Crippen molar-refractivity contribution in [3.8, 4) is 11.4 Å². The van der Waals surface area contributed by atoms with Crippen molar-refractivity contribution in [1.29, 1.82) is 0 Å². The molecule has 0 aromatic carbocycles. The minimum atomic E-state index is -0.333. The Balaban J connectivity index is 1.99. The molecule has 2 unspecified atom stereocenters. The van der Waals surface area contributed by atoms with E-state index in [9.17, 15) is 9.59 Å². The molecule has 2 aromatic heterocycles. The van der Waals surface area contributed by atoms with Crippen LogP contribution in [0.5, 0.6) is 0 Å². The van der Waals surface area contributed by atoms with Crippen LogP contribution in [0.2, 0.25) is 0 Å². The number of hydrogen-bond acceptors (Lipinski definition) is 5. The van der Waals surface area contributed by atoms with Gasteiger partial charge in [-0.05, 0) is 79.7 Å². The molecule has 2 atom stereocenters. The minimum Gasteiger partial charge on any atom is -0.356 e. The molecule has 0 saturated carbocycles. The van der Waals surface area contributed by atoms with E-state index in [1.165, 1.54) is 0 Å².